The van der Waals surface area contributed by atoms with E-state index in [4.69, 9.17) is 30.8 Å². The van der Waals surface area contributed by atoms with Crippen LogP contribution in [-0.2, 0) is 9.47 Å². The fraction of sp³-hybridized carbons (Fsp3) is 0.682. The van der Waals surface area contributed by atoms with Crippen molar-refractivity contribution in [2.24, 2.45) is 10.9 Å². The Bertz CT molecular complexity index is 653. The van der Waals surface area contributed by atoms with Crippen LogP contribution in [0.5, 0.6) is 5.75 Å². The molecular weight excluding hydrogens is 531 g/mol. The molecule has 2 aliphatic rings. The van der Waals surface area contributed by atoms with Crippen molar-refractivity contribution in [3.05, 3.63) is 29.3 Å². The molecule has 1 aromatic carbocycles. The molecule has 2 saturated heterocycles. The van der Waals surface area contributed by atoms with Crippen LogP contribution in [0.3, 0.4) is 0 Å². The zero-order valence-corrected chi connectivity index (χ0v) is 21.6. The highest BCUT2D eigenvalue weighted by molar-refractivity contribution is 14.0. The number of aliphatic imine (C=N–C) groups is 1. The molecule has 0 saturated carbocycles. The van der Waals surface area contributed by atoms with E-state index in [1.807, 2.05) is 31.2 Å². The maximum absolute atomic E-state index is 5.96. The lowest BCUT2D eigenvalue weighted by molar-refractivity contribution is 0.00368. The zero-order chi connectivity index (χ0) is 21.2. The van der Waals surface area contributed by atoms with E-state index in [0.29, 0.717) is 23.5 Å². The first-order valence-corrected chi connectivity index (χ1v) is 11.4. The Hall–Kier alpha value is -0.810. The maximum Gasteiger partial charge on any atom is 0.191 e. The third-order valence-electron chi connectivity index (χ3n) is 5.51. The number of hydrogen-bond acceptors (Lipinski definition) is 5. The van der Waals surface area contributed by atoms with Gasteiger partial charge in [0.05, 0.1) is 32.9 Å². The van der Waals surface area contributed by atoms with E-state index in [1.54, 1.807) is 0 Å². The van der Waals surface area contributed by atoms with Gasteiger partial charge in [-0.25, -0.2) is 0 Å². The average molecular weight is 567 g/mol. The van der Waals surface area contributed by atoms with Crippen molar-refractivity contribution in [2.45, 2.75) is 32.4 Å². The SMILES string of the molecule is CCNC(=NCC(C1CCOC1)N1CCOCC1)NCC(C)Oc1ccc(Cl)cc1.I. The van der Waals surface area contributed by atoms with Crippen molar-refractivity contribution in [2.75, 3.05) is 59.2 Å². The van der Waals surface area contributed by atoms with Crippen molar-refractivity contribution >= 4 is 41.5 Å². The van der Waals surface area contributed by atoms with E-state index in [2.05, 4.69) is 22.5 Å². The molecule has 0 amide bonds. The summed E-state index contributed by atoms with van der Waals surface area (Å²) < 4.78 is 17.2. The Morgan fingerprint density at radius 1 is 1.19 bits per heavy atom. The molecule has 1 aromatic rings. The lowest BCUT2D eigenvalue weighted by Gasteiger charge is -2.36. The maximum atomic E-state index is 5.96. The summed E-state index contributed by atoms with van der Waals surface area (Å²) in [5.41, 5.74) is 0. The number of benzene rings is 1. The van der Waals surface area contributed by atoms with E-state index in [1.165, 1.54) is 0 Å². The molecule has 3 unspecified atom stereocenters. The molecule has 3 atom stereocenters. The van der Waals surface area contributed by atoms with E-state index in [9.17, 15) is 0 Å². The molecule has 0 radical (unpaired) electrons. The first-order chi connectivity index (χ1) is 14.7. The molecular formula is C22H36ClIN4O3. The Morgan fingerprint density at radius 3 is 2.58 bits per heavy atom. The zero-order valence-electron chi connectivity index (χ0n) is 18.5. The molecule has 0 bridgehead atoms. The van der Waals surface area contributed by atoms with E-state index < -0.39 is 0 Å². The number of ether oxygens (including phenoxy) is 3. The number of rotatable bonds is 9. The van der Waals surface area contributed by atoms with Crippen LogP contribution >= 0.6 is 35.6 Å². The fourth-order valence-corrected chi connectivity index (χ4v) is 4.01. The number of morpholine rings is 1. The molecule has 2 heterocycles. The summed E-state index contributed by atoms with van der Waals surface area (Å²) in [6, 6.07) is 7.82. The van der Waals surface area contributed by atoms with Gasteiger partial charge in [0, 0.05) is 43.2 Å². The summed E-state index contributed by atoms with van der Waals surface area (Å²) in [7, 11) is 0. The van der Waals surface area contributed by atoms with Crippen molar-refractivity contribution in [3.8, 4) is 5.75 Å². The van der Waals surface area contributed by atoms with Gasteiger partial charge in [-0.05, 0) is 44.5 Å². The minimum Gasteiger partial charge on any atom is -0.489 e. The average Bonchev–Trinajstić information content (AvgIpc) is 3.29. The molecule has 0 aromatic heterocycles. The van der Waals surface area contributed by atoms with Gasteiger partial charge in [0.15, 0.2) is 5.96 Å². The number of guanidine groups is 1. The first kappa shape index (κ1) is 26.4. The van der Waals surface area contributed by atoms with Gasteiger partial charge < -0.3 is 24.8 Å². The van der Waals surface area contributed by atoms with Gasteiger partial charge in [0.1, 0.15) is 11.9 Å². The minimum absolute atomic E-state index is 0. The summed E-state index contributed by atoms with van der Waals surface area (Å²) in [6.45, 7) is 11.5. The second-order valence-electron chi connectivity index (χ2n) is 7.82. The van der Waals surface area contributed by atoms with Crippen molar-refractivity contribution < 1.29 is 14.2 Å². The molecule has 7 nitrogen and oxygen atoms in total. The molecule has 2 aliphatic heterocycles. The highest BCUT2D eigenvalue weighted by atomic mass is 127. The highest BCUT2D eigenvalue weighted by Gasteiger charge is 2.31. The van der Waals surface area contributed by atoms with Gasteiger partial charge in [-0.2, -0.15) is 0 Å². The van der Waals surface area contributed by atoms with Crippen LogP contribution in [0.1, 0.15) is 20.3 Å². The normalized spacial score (nSPS) is 21.8. The molecule has 9 heteroatoms. The number of nitrogens with one attached hydrogen (secondary N) is 2. The molecule has 3 rings (SSSR count). The largest absolute Gasteiger partial charge is 0.489 e. The third kappa shape index (κ3) is 8.92. The summed E-state index contributed by atoms with van der Waals surface area (Å²) in [5, 5.41) is 7.47. The number of nitrogens with zero attached hydrogens (tertiary/aromatic N) is 2. The van der Waals surface area contributed by atoms with Gasteiger partial charge in [0.25, 0.3) is 0 Å². The predicted molar refractivity (Wildman–Crippen MR) is 136 cm³/mol. The minimum atomic E-state index is -0.00620. The monoisotopic (exact) mass is 566 g/mol. The number of hydrogen-bond donors (Lipinski definition) is 2. The molecule has 2 fully saturated rings. The third-order valence-corrected chi connectivity index (χ3v) is 5.76. The van der Waals surface area contributed by atoms with E-state index >= 15 is 0 Å². The highest BCUT2D eigenvalue weighted by Crippen LogP contribution is 2.22. The standard InChI is InChI=1S/C22H35ClN4O3.HI/c1-3-24-22(25-14-17(2)30-20-6-4-19(23)5-7-20)26-15-21(18-8-11-29-16-18)27-9-12-28-13-10-27;/h4-7,17-18,21H,3,8-16H2,1-2H3,(H2,24,25,26);1H. The van der Waals surface area contributed by atoms with Crippen LogP contribution < -0.4 is 15.4 Å². The molecule has 2 N–H and O–H groups in total. The second kappa shape index (κ2) is 14.4. The Morgan fingerprint density at radius 2 is 1.94 bits per heavy atom. The summed E-state index contributed by atoms with van der Waals surface area (Å²) in [4.78, 5) is 7.42. The number of halogens is 2. The van der Waals surface area contributed by atoms with Gasteiger partial charge >= 0.3 is 0 Å². The predicted octanol–water partition coefficient (Wildman–Crippen LogP) is 3.02. The van der Waals surface area contributed by atoms with Gasteiger partial charge in [0.2, 0.25) is 0 Å². The van der Waals surface area contributed by atoms with E-state index in [-0.39, 0.29) is 30.1 Å². The van der Waals surface area contributed by atoms with Crippen LogP contribution in [-0.4, -0.2) is 82.2 Å². The molecule has 176 valence electrons. The lowest BCUT2D eigenvalue weighted by atomic mass is 9.97. The van der Waals surface area contributed by atoms with Gasteiger partial charge in [-0.1, -0.05) is 11.6 Å². The Kier molecular flexibility index (Phi) is 12.2. The lowest BCUT2D eigenvalue weighted by Crippen LogP contribution is -2.49. The topological polar surface area (TPSA) is 67.4 Å². The van der Waals surface area contributed by atoms with Crippen molar-refractivity contribution in [1.82, 2.24) is 15.5 Å². The first-order valence-electron chi connectivity index (χ1n) is 11.0. The Balaban J connectivity index is 0.00000341. The van der Waals surface area contributed by atoms with Crippen LogP contribution in [0.15, 0.2) is 29.3 Å². The van der Waals surface area contributed by atoms with Crippen molar-refractivity contribution in [3.63, 3.8) is 0 Å². The summed E-state index contributed by atoms with van der Waals surface area (Å²) >= 11 is 5.94. The van der Waals surface area contributed by atoms with Crippen molar-refractivity contribution in [1.29, 1.82) is 0 Å². The van der Waals surface area contributed by atoms with Gasteiger partial charge in [-0.3, -0.25) is 9.89 Å². The van der Waals surface area contributed by atoms with Crippen LogP contribution in [0.25, 0.3) is 0 Å². The summed E-state index contributed by atoms with van der Waals surface area (Å²) in [5.74, 6) is 2.16. The van der Waals surface area contributed by atoms with Crippen LogP contribution in [0, 0.1) is 5.92 Å². The summed E-state index contributed by atoms with van der Waals surface area (Å²) in [6.07, 6.45) is 1.10. The van der Waals surface area contributed by atoms with Gasteiger partial charge in [-0.15, -0.1) is 24.0 Å². The fourth-order valence-electron chi connectivity index (χ4n) is 3.88. The molecule has 0 spiro atoms. The van der Waals surface area contributed by atoms with Crippen LogP contribution in [0.4, 0.5) is 0 Å². The molecule has 0 aliphatic carbocycles. The van der Waals surface area contributed by atoms with E-state index in [0.717, 1.165) is 70.7 Å². The molecule has 31 heavy (non-hydrogen) atoms. The second-order valence-corrected chi connectivity index (χ2v) is 8.26. The smallest absolute Gasteiger partial charge is 0.191 e. The Labute approximate surface area is 208 Å². The quantitative estimate of drug-likeness (QED) is 0.272. The van der Waals surface area contributed by atoms with Crippen LogP contribution in [0.2, 0.25) is 5.02 Å².